The van der Waals surface area contributed by atoms with Crippen LogP contribution >= 0.6 is 0 Å². The van der Waals surface area contributed by atoms with E-state index in [1.165, 1.54) is 12.8 Å². The third-order valence-electron chi connectivity index (χ3n) is 4.42. The highest BCUT2D eigenvalue weighted by molar-refractivity contribution is 5.96. The van der Waals surface area contributed by atoms with Gasteiger partial charge in [-0.15, -0.1) is 5.10 Å². The molecule has 108 valence electrons. The molecule has 1 saturated carbocycles. The van der Waals surface area contributed by atoms with Crippen molar-refractivity contribution in [2.45, 2.75) is 31.7 Å². The number of hydrogen-bond donors (Lipinski definition) is 0. The third kappa shape index (κ3) is 2.22. The Morgan fingerprint density at radius 3 is 2.71 bits per heavy atom. The molecular formula is C16H18N4O. The molecule has 1 aliphatic heterocycles. The molecule has 0 spiro atoms. The van der Waals surface area contributed by atoms with E-state index in [9.17, 15) is 4.79 Å². The first-order chi connectivity index (χ1) is 10.2. The Kier molecular flexibility index (Phi) is 2.80. The van der Waals surface area contributed by atoms with E-state index < -0.39 is 0 Å². The number of carbonyl (C=O) groups is 1. The van der Waals surface area contributed by atoms with Gasteiger partial charge >= 0.3 is 0 Å². The maximum Gasteiger partial charge on any atom is 0.254 e. The topological polar surface area (TPSA) is 51.0 Å². The fourth-order valence-electron chi connectivity index (χ4n) is 2.81. The summed E-state index contributed by atoms with van der Waals surface area (Å²) in [5.74, 6) is 0.746. The van der Waals surface area contributed by atoms with Crippen molar-refractivity contribution in [3.05, 3.63) is 47.3 Å². The highest BCUT2D eigenvalue weighted by atomic mass is 16.2. The molecule has 5 heteroatoms. The molecule has 21 heavy (non-hydrogen) atoms. The fourth-order valence-corrected chi connectivity index (χ4v) is 2.81. The second-order valence-corrected chi connectivity index (χ2v) is 6.08. The van der Waals surface area contributed by atoms with Gasteiger partial charge in [-0.1, -0.05) is 23.4 Å². The summed E-state index contributed by atoms with van der Waals surface area (Å²) in [4.78, 5) is 14.3. The van der Waals surface area contributed by atoms with E-state index in [-0.39, 0.29) is 11.9 Å². The Balaban J connectivity index is 1.42. The first-order valence-electron chi connectivity index (χ1n) is 7.49. The van der Waals surface area contributed by atoms with E-state index in [4.69, 9.17) is 0 Å². The van der Waals surface area contributed by atoms with E-state index in [2.05, 4.69) is 16.5 Å². The number of carbonyl (C=O) groups excluding carboxylic acids is 1. The van der Waals surface area contributed by atoms with Crippen LogP contribution in [-0.4, -0.2) is 38.9 Å². The molecule has 1 aromatic heterocycles. The zero-order valence-corrected chi connectivity index (χ0v) is 12.1. The molecule has 4 rings (SSSR count). The summed E-state index contributed by atoms with van der Waals surface area (Å²) < 4.78 is 1.93. The van der Waals surface area contributed by atoms with Crippen LogP contribution in [0.5, 0.6) is 0 Å². The minimum absolute atomic E-state index is 0.117. The van der Waals surface area contributed by atoms with Crippen molar-refractivity contribution >= 4 is 5.91 Å². The average molecular weight is 282 g/mol. The standard InChI is InChI=1S/C16H18N4O/c1-11-4-2-3-5-14(11)16(21)19-8-13(9-19)20-10-15(17-18-20)12-6-7-12/h2-5,10,12-13H,6-9H2,1H3. The molecule has 0 radical (unpaired) electrons. The lowest BCUT2D eigenvalue weighted by Gasteiger charge is -2.39. The van der Waals surface area contributed by atoms with Gasteiger partial charge in [0.15, 0.2) is 0 Å². The number of aromatic nitrogens is 3. The van der Waals surface area contributed by atoms with Crippen molar-refractivity contribution in [2.75, 3.05) is 13.1 Å². The Labute approximate surface area is 123 Å². The molecule has 2 heterocycles. The van der Waals surface area contributed by atoms with Crippen LogP contribution in [0.4, 0.5) is 0 Å². The third-order valence-corrected chi connectivity index (χ3v) is 4.42. The van der Waals surface area contributed by atoms with Gasteiger partial charge in [0.2, 0.25) is 0 Å². The maximum absolute atomic E-state index is 12.4. The predicted octanol–water partition coefficient (Wildman–Crippen LogP) is 2.16. The summed E-state index contributed by atoms with van der Waals surface area (Å²) in [6.45, 7) is 3.42. The summed E-state index contributed by atoms with van der Waals surface area (Å²) in [7, 11) is 0. The van der Waals surface area contributed by atoms with Crippen LogP contribution in [-0.2, 0) is 0 Å². The molecule has 0 unspecified atom stereocenters. The zero-order valence-electron chi connectivity index (χ0n) is 12.1. The molecule has 1 amide bonds. The van der Waals surface area contributed by atoms with Gasteiger partial charge in [-0.2, -0.15) is 0 Å². The van der Waals surface area contributed by atoms with E-state index >= 15 is 0 Å². The molecule has 2 fully saturated rings. The molecule has 1 saturated heterocycles. The fraction of sp³-hybridized carbons (Fsp3) is 0.438. The predicted molar refractivity (Wildman–Crippen MR) is 78.1 cm³/mol. The van der Waals surface area contributed by atoms with Crippen molar-refractivity contribution in [3.8, 4) is 0 Å². The van der Waals surface area contributed by atoms with Crippen LogP contribution in [0.1, 0.15) is 46.4 Å². The molecule has 0 N–H and O–H groups in total. The van der Waals surface area contributed by atoms with E-state index in [0.717, 1.165) is 29.9 Å². The van der Waals surface area contributed by atoms with E-state index in [0.29, 0.717) is 5.92 Å². The molecule has 2 aromatic rings. The van der Waals surface area contributed by atoms with Crippen LogP contribution in [0.3, 0.4) is 0 Å². The lowest BCUT2D eigenvalue weighted by molar-refractivity contribution is 0.0497. The van der Waals surface area contributed by atoms with Gasteiger partial charge in [-0.25, -0.2) is 4.68 Å². The molecule has 2 aliphatic rings. The normalized spacial score (nSPS) is 18.6. The Hall–Kier alpha value is -2.17. The van der Waals surface area contributed by atoms with Crippen LogP contribution < -0.4 is 0 Å². The summed E-state index contributed by atoms with van der Waals surface area (Å²) in [5.41, 5.74) is 2.94. The molecule has 0 bridgehead atoms. The monoisotopic (exact) mass is 282 g/mol. The van der Waals surface area contributed by atoms with Gasteiger partial charge < -0.3 is 4.90 Å². The Morgan fingerprint density at radius 1 is 1.24 bits per heavy atom. The lowest BCUT2D eigenvalue weighted by Crippen LogP contribution is -2.51. The second kappa shape index (κ2) is 4.69. The van der Waals surface area contributed by atoms with Crippen LogP contribution in [0.2, 0.25) is 0 Å². The van der Waals surface area contributed by atoms with Gasteiger partial charge in [-0.3, -0.25) is 4.79 Å². The van der Waals surface area contributed by atoms with Gasteiger partial charge in [0.05, 0.1) is 11.7 Å². The SMILES string of the molecule is Cc1ccccc1C(=O)N1CC(n2cc(C3CC3)nn2)C1. The minimum atomic E-state index is 0.117. The second-order valence-electron chi connectivity index (χ2n) is 6.08. The highest BCUT2D eigenvalue weighted by Crippen LogP contribution is 2.39. The first kappa shape index (κ1) is 12.6. The van der Waals surface area contributed by atoms with Crippen LogP contribution in [0, 0.1) is 6.92 Å². The molecule has 1 aliphatic carbocycles. The van der Waals surface area contributed by atoms with Crippen LogP contribution in [0.15, 0.2) is 30.5 Å². The van der Waals surface area contributed by atoms with Crippen molar-refractivity contribution in [2.24, 2.45) is 0 Å². The van der Waals surface area contributed by atoms with Gasteiger partial charge in [-0.05, 0) is 31.4 Å². The zero-order chi connectivity index (χ0) is 14.4. The number of aryl methyl sites for hydroxylation is 1. The number of amides is 1. The summed E-state index contributed by atoms with van der Waals surface area (Å²) >= 11 is 0. The maximum atomic E-state index is 12.4. The van der Waals surface area contributed by atoms with E-state index in [1.807, 2.05) is 40.8 Å². The number of likely N-dealkylation sites (tertiary alicyclic amines) is 1. The minimum Gasteiger partial charge on any atom is -0.334 e. The number of benzene rings is 1. The van der Waals surface area contributed by atoms with Crippen molar-refractivity contribution in [1.29, 1.82) is 0 Å². The van der Waals surface area contributed by atoms with Gasteiger partial charge in [0.25, 0.3) is 5.91 Å². The van der Waals surface area contributed by atoms with Crippen molar-refractivity contribution in [3.63, 3.8) is 0 Å². The number of nitrogens with zero attached hydrogens (tertiary/aromatic N) is 4. The summed E-state index contributed by atoms with van der Waals surface area (Å²) in [5, 5.41) is 8.45. The molecule has 5 nitrogen and oxygen atoms in total. The lowest BCUT2D eigenvalue weighted by atomic mass is 10.0. The van der Waals surface area contributed by atoms with Gasteiger partial charge in [0, 0.05) is 30.8 Å². The summed E-state index contributed by atoms with van der Waals surface area (Å²) in [6, 6.07) is 8.02. The Morgan fingerprint density at radius 2 is 2.00 bits per heavy atom. The number of hydrogen-bond acceptors (Lipinski definition) is 3. The van der Waals surface area contributed by atoms with Crippen LogP contribution in [0.25, 0.3) is 0 Å². The molecule has 1 aromatic carbocycles. The average Bonchev–Trinajstić information content (AvgIpc) is 3.17. The highest BCUT2D eigenvalue weighted by Gasteiger charge is 2.35. The quantitative estimate of drug-likeness (QED) is 0.867. The van der Waals surface area contributed by atoms with Crippen molar-refractivity contribution in [1.82, 2.24) is 19.9 Å². The first-order valence-corrected chi connectivity index (χ1v) is 7.49. The summed E-state index contributed by atoms with van der Waals surface area (Å²) in [6.07, 6.45) is 4.53. The smallest absolute Gasteiger partial charge is 0.254 e. The van der Waals surface area contributed by atoms with E-state index in [1.54, 1.807) is 0 Å². The molecular weight excluding hydrogens is 264 g/mol. The number of rotatable bonds is 3. The molecule has 0 atom stereocenters. The van der Waals surface area contributed by atoms with Crippen molar-refractivity contribution < 1.29 is 4.79 Å². The largest absolute Gasteiger partial charge is 0.334 e. The Bertz CT molecular complexity index is 683. The van der Waals surface area contributed by atoms with Gasteiger partial charge in [0.1, 0.15) is 0 Å².